The number of hydrogen-bond acceptors (Lipinski definition) is 4. The highest BCUT2D eigenvalue weighted by molar-refractivity contribution is 7.72. The van der Waals surface area contributed by atoms with E-state index in [-0.39, 0.29) is 0 Å². The summed E-state index contributed by atoms with van der Waals surface area (Å²) in [6.07, 6.45) is 1.13. The summed E-state index contributed by atoms with van der Waals surface area (Å²) in [6, 6.07) is 10.1. The number of nitrogens with zero attached hydrogens (tertiary/aromatic N) is 1. The first-order chi connectivity index (χ1) is 10.0. The van der Waals surface area contributed by atoms with Crippen molar-refractivity contribution in [1.82, 2.24) is 9.55 Å². The Balaban J connectivity index is 2.17. The van der Waals surface area contributed by atoms with Crippen molar-refractivity contribution >= 4 is 12.4 Å². The Labute approximate surface area is 120 Å². The van der Waals surface area contributed by atoms with Crippen LogP contribution in [0.2, 0.25) is 0 Å². The van der Waals surface area contributed by atoms with E-state index in [1.807, 2.05) is 6.07 Å². The molecule has 3 atom stereocenters. The lowest BCUT2D eigenvalue weighted by atomic mass is 10.3. The van der Waals surface area contributed by atoms with Gasteiger partial charge in [0.2, 0.25) is 0 Å². The minimum Gasteiger partial charge on any atom is -0.390 e. The van der Waals surface area contributed by atoms with Crippen LogP contribution in [0.15, 0.2) is 52.2 Å². The third-order valence-electron chi connectivity index (χ3n) is 3.86. The molecule has 1 saturated heterocycles. The zero-order valence-electron chi connectivity index (χ0n) is 11.2. The van der Waals surface area contributed by atoms with Crippen LogP contribution in [0.5, 0.6) is 0 Å². The highest BCUT2D eigenvalue weighted by Crippen LogP contribution is 2.62. The molecule has 7 heteroatoms. The number of aliphatic hydroxyl groups is 1. The summed E-state index contributed by atoms with van der Waals surface area (Å²) < 4.78 is 14.6. The first-order valence-corrected chi connectivity index (χ1v) is 8.62. The Kier molecular flexibility index (Phi) is 3.43. The Morgan fingerprint density at radius 2 is 1.90 bits per heavy atom. The van der Waals surface area contributed by atoms with Crippen LogP contribution in [0.25, 0.3) is 0 Å². The van der Waals surface area contributed by atoms with Crippen molar-refractivity contribution in [2.75, 3.05) is 6.16 Å². The summed E-state index contributed by atoms with van der Waals surface area (Å²) in [6.45, 7) is 0. The summed E-state index contributed by atoms with van der Waals surface area (Å²) in [7, 11) is -2.96. The number of aromatic amines is 1. The van der Waals surface area contributed by atoms with E-state index in [1.165, 1.54) is 16.8 Å². The maximum absolute atomic E-state index is 13.4. The number of nitrogens with one attached hydrogen (secondary N) is 1. The normalized spacial score (nSPS) is 28.6. The van der Waals surface area contributed by atoms with Gasteiger partial charge in [-0.2, -0.15) is 0 Å². The van der Waals surface area contributed by atoms with Crippen molar-refractivity contribution in [2.45, 2.75) is 18.3 Å². The van der Waals surface area contributed by atoms with Gasteiger partial charge in [-0.25, -0.2) is 4.79 Å². The predicted octanol–water partition coefficient (Wildman–Crippen LogP) is 0.488. The average molecular weight is 306 g/mol. The zero-order valence-corrected chi connectivity index (χ0v) is 12.1. The number of aromatic nitrogens is 2. The first kappa shape index (κ1) is 14.0. The lowest BCUT2D eigenvalue weighted by Gasteiger charge is -2.24. The minimum absolute atomic E-state index is 0.342. The monoisotopic (exact) mass is 306 g/mol. The molecule has 1 aliphatic rings. The molecular weight excluding hydrogens is 291 g/mol. The molecule has 3 rings (SSSR count). The van der Waals surface area contributed by atoms with Crippen LogP contribution >= 0.6 is 7.14 Å². The topological polar surface area (TPSA) is 92.2 Å². The molecule has 1 fully saturated rings. The fraction of sp³-hybridized carbons (Fsp3) is 0.286. The third kappa shape index (κ3) is 2.30. The van der Waals surface area contributed by atoms with Crippen molar-refractivity contribution in [1.29, 1.82) is 0 Å². The van der Waals surface area contributed by atoms with Crippen LogP contribution in [0.3, 0.4) is 0 Å². The summed E-state index contributed by atoms with van der Waals surface area (Å²) >= 11 is 0. The number of hydrogen-bond donors (Lipinski definition) is 2. The molecule has 110 valence electrons. The van der Waals surface area contributed by atoms with E-state index in [4.69, 9.17) is 0 Å². The Morgan fingerprint density at radius 3 is 2.57 bits per heavy atom. The molecule has 0 radical (unpaired) electrons. The molecule has 2 N–H and O–H groups in total. The molecule has 2 aromatic rings. The Hall–Kier alpha value is -1.91. The molecule has 0 saturated carbocycles. The molecule has 2 heterocycles. The number of benzene rings is 1. The van der Waals surface area contributed by atoms with E-state index in [0.29, 0.717) is 17.9 Å². The van der Waals surface area contributed by atoms with Gasteiger partial charge in [-0.3, -0.25) is 14.3 Å². The molecular formula is C14H15N2O4P. The Morgan fingerprint density at radius 1 is 1.19 bits per heavy atom. The molecule has 1 aromatic carbocycles. The highest BCUT2D eigenvalue weighted by atomic mass is 31.2. The fourth-order valence-corrected chi connectivity index (χ4v) is 6.31. The van der Waals surface area contributed by atoms with Crippen LogP contribution in [0.1, 0.15) is 12.2 Å². The fourth-order valence-electron chi connectivity index (χ4n) is 2.87. The van der Waals surface area contributed by atoms with E-state index < -0.39 is 30.3 Å². The van der Waals surface area contributed by atoms with E-state index in [1.54, 1.807) is 24.3 Å². The van der Waals surface area contributed by atoms with E-state index in [2.05, 4.69) is 4.98 Å². The summed E-state index contributed by atoms with van der Waals surface area (Å²) in [5, 5.41) is 10.9. The third-order valence-corrected chi connectivity index (χ3v) is 7.40. The number of aliphatic hydroxyl groups excluding tert-OH is 1. The summed E-state index contributed by atoms with van der Waals surface area (Å²) in [4.78, 5) is 25.3. The van der Waals surface area contributed by atoms with Crippen molar-refractivity contribution in [3.63, 3.8) is 0 Å². The van der Waals surface area contributed by atoms with Gasteiger partial charge in [0.1, 0.15) is 12.9 Å². The van der Waals surface area contributed by atoms with Crippen LogP contribution in [-0.2, 0) is 4.57 Å². The van der Waals surface area contributed by atoms with Crippen molar-refractivity contribution in [3.8, 4) is 0 Å². The molecule has 3 unspecified atom stereocenters. The lowest BCUT2D eigenvalue weighted by molar-refractivity contribution is 0.151. The van der Waals surface area contributed by atoms with Crippen LogP contribution < -0.4 is 16.6 Å². The highest BCUT2D eigenvalue weighted by Gasteiger charge is 2.46. The van der Waals surface area contributed by atoms with Gasteiger partial charge >= 0.3 is 5.69 Å². The molecule has 0 bridgehead atoms. The maximum atomic E-state index is 13.4. The quantitative estimate of drug-likeness (QED) is 0.790. The molecule has 1 aliphatic heterocycles. The van der Waals surface area contributed by atoms with Gasteiger partial charge in [0.25, 0.3) is 5.56 Å². The minimum atomic E-state index is -2.96. The second-order valence-electron chi connectivity index (χ2n) is 5.14. The molecule has 0 amide bonds. The second-order valence-corrected chi connectivity index (χ2v) is 8.23. The van der Waals surface area contributed by atoms with Gasteiger partial charge < -0.3 is 9.67 Å². The second kappa shape index (κ2) is 5.13. The molecule has 1 aromatic heterocycles. The number of H-pyrrole nitrogens is 1. The van der Waals surface area contributed by atoms with Gasteiger partial charge in [-0.1, -0.05) is 30.3 Å². The SMILES string of the molecule is O=c1ccn(C2C(O)CCP2(=O)c2ccccc2)c(=O)[nH]1. The molecule has 0 aliphatic carbocycles. The van der Waals surface area contributed by atoms with Crippen molar-refractivity contribution < 1.29 is 9.67 Å². The number of rotatable bonds is 2. The first-order valence-electron chi connectivity index (χ1n) is 6.66. The standard InChI is InChI=1S/C14H15N2O4P/c17-11-7-9-21(20,10-4-2-1-3-5-10)13(11)16-8-6-12(18)15-14(16)19/h1-6,8,11,13,17H,7,9H2,(H,15,18,19). The van der Waals surface area contributed by atoms with Gasteiger partial charge in [-0.05, 0) is 6.42 Å². The van der Waals surface area contributed by atoms with E-state index in [0.717, 1.165) is 0 Å². The zero-order chi connectivity index (χ0) is 15.0. The maximum Gasteiger partial charge on any atom is 0.329 e. The molecule has 6 nitrogen and oxygen atoms in total. The van der Waals surface area contributed by atoms with Gasteiger partial charge in [0.05, 0.1) is 6.10 Å². The van der Waals surface area contributed by atoms with Crippen LogP contribution in [0.4, 0.5) is 0 Å². The van der Waals surface area contributed by atoms with Crippen molar-refractivity contribution in [3.05, 3.63) is 63.4 Å². The lowest BCUT2D eigenvalue weighted by Crippen LogP contribution is -2.35. The van der Waals surface area contributed by atoms with E-state index >= 15 is 0 Å². The van der Waals surface area contributed by atoms with E-state index in [9.17, 15) is 19.3 Å². The molecule has 21 heavy (non-hydrogen) atoms. The van der Waals surface area contributed by atoms with Crippen LogP contribution in [-0.4, -0.2) is 26.9 Å². The van der Waals surface area contributed by atoms with Crippen LogP contribution in [0, 0.1) is 0 Å². The Bertz CT molecular complexity index is 811. The van der Waals surface area contributed by atoms with Gasteiger partial charge in [0, 0.05) is 23.7 Å². The molecule has 0 spiro atoms. The largest absolute Gasteiger partial charge is 0.390 e. The van der Waals surface area contributed by atoms with Gasteiger partial charge in [-0.15, -0.1) is 0 Å². The summed E-state index contributed by atoms with van der Waals surface area (Å²) in [5.74, 6) is -0.829. The predicted molar refractivity (Wildman–Crippen MR) is 79.5 cm³/mol. The average Bonchev–Trinajstić information content (AvgIpc) is 2.78. The smallest absolute Gasteiger partial charge is 0.329 e. The van der Waals surface area contributed by atoms with Crippen molar-refractivity contribution in [2.24, 2.45) is 0 Å². The van der Waals surface area contributed by atoms with Gasteiger partial charge in [0.15, 0.2) is 0 Å². The summed E-state index contributed by atoms with van der Waals surface area (Å²) in [5.41, 5.74) is -1.16.